The zero-order valence-electron chi connectivity index (χ0n) is 19.2. The number of sulfonamides is 1. The quantitative estimate of drug-likeness (QED) is 0.717. The van der Waals surface area contributed by atoms with Gasteiger partial charge in [0.1, 0.15) is 16.7 Å². The van der Waals surface area contributed by atoms with Crippen LogP contribution in [0.1, 0.15) is 26.3 Å². The van der Waals surface area contributed by atoms with Crippen molar-refractivity contribution in [3.05, 3.63) is 48.0 Å². The van der Waals surface area contributed by atoms with Crippen LogP contribution in [0.25, 0.3) is 11.1 Å². The summed E-state index contributed by atoms with van der Waals surface area (Å²) in [6.45, 7) is 5.13. The van der Waals surface area contributed by atoms with Crippen LogP contribution in [-0.4, -0.2) is 67.5 Å². The molecule has 0 fully saturated rings. The second-order valence-electron chi connectivity index (χ2n) is 8.49. The number of carbonyl (C=O) groups is 1. The Morgan fingerprint density at radius 1 is 1.27 bits per heavy atom. The highest BCUT2D eigenvalue weighted by atomic mass is 32.2. The van der Waals surface area contributed by atoms with Crippen LogP contribution in [-0.2, 0) is 14.8 Å². The lowest BCUT2D eigenvalue weighted by atomic mass is 10.0. The molecule has 1 aliphatic rings. The van der Waals surface area contributed by atoms with E-state index in [1.165, 1.54) is 17.3 Å². The van der Waals surface area contributed by atoms with Gasteiger partial charge in [0.25, 0.3) is 0 Å². The largest absolute Gasteiger partial charge is 0.487 e. The van der Waals surface area contributed by atoms with E-state index in [1.807, 2.05) is 6.92 Å². The van der Waals surface area contributed by atoms with Crippen molar-refractivity contribution in [1.82, 2.24) is 9.21 Å². The molecular weight excluding hydrogens is 442 g/mol. The summed E-state index contributed by atoms with van der Waals surface area (Å²) in [7, 11) is -2.26. The predicted molar refractivity (Wildman–Crippen MR) is 124 cm³/mol. The minimum atomic E-state index is -3.94. The van der Waals surface area contributed by atoms with Crippen LogP contribution in [0.15, 0.2) is 47.4 Å². The Morgan fingerprint density at radius 3 is 2.48 bits per heavy atom. The molecule has 1 amide bonds. The van der Waals surface area contributed by atoms with Crippen molar-refractivity contribution in [3.63, 3.8) is 0 Å². The first-order valence-electron chi connectivity index (χ1n) is 10.7. The maximum Gasteiger partial charge on any atom is 0.247 e. The number of likely N-dealkylation sites (N-methyl/N-ethyl adjacent to an activating group) is 1. The van der Waals surface area contributed by atoms with Gasteiger partial charge in [0.2, 0.25) is 15.9 Å². The van der Waals surface area contributed by atoms with Crippen molar-refractivity contribution >= 4 is 15.9 Å². The lowest BCUT2D eigenvalue weighted by Crippen LogP contribution is -2.50. The molecule has 2 aromatic rings. The molecule has 33 heavy (non-hydrogen) atoms. The van der Waals surface area contributed by atoms with Gasteiger partial charge in [-0.2, -0.15) is 9.57 Å². The van der Waals surface area contributed by atoms with Crippen molar-refractivity contribution in [2.45, 2.75) is 37.8 Å². The van der Waals surface area contributed by atoms with Crippen molar-refractivity contribution in [1.29, 1.82) is 5.26 Å². The summed E-state index contributed by atoms with van der Waals surface area (Å²) >= 11 is 0. The van der Waals surface area contributed by atoms with Crippen LogP contribution in [0.5, 0.6) is 5.75 Å². The summed E-state index contributed by atoms with van der Waals surface area (Å²) < 4.78 is 34.6. The number of carbonyl (C=O) groups excluding carboxylic acids is 1. The van der Waals surface area contributed by atoms with Gasteiger partial charge in [0.05, 0.1) is 24.8 Å². The second kappa shape index (κ2) is 9.91. The molecule has 3 rings (SSSR count). The smallest absolute Gasteiger partial charge is 0.247 e. The van der Waals surface area contributed by atoms with Gasteiger partial charge in [-0.25, -0.2) is 8.42 Å². The van der Waals surface area contributed by atoms with Gasteiger partial charge in [-0.05, 0) is 42.3 Å². The van der Waals surface area contributed by atoms with Crippen molar-refractivity contribution < 1.29 is 23.1 Å². The third-order valence-corrected chi connectivity index (χ3v) is 8.03. The highest BCUT2D eigenvalue weighted by molar-refractivity contribution is 7.89. The number of ether oxygens (including phenoxy) is 1. The van der Waals surface area contributed by atoms with E-state index in [1.54, 1.807) is 55.3 Å². The molecule has 0 unspecified atom stereocenters. The zero-order valence-corrected chi connectivity index (χ0v) is 20.0. The number of nitriles is 1. The Kier molecular flexibility index (Phi) is 7.42. The molecule has 0 bridgehead atoms. The number of hydrogen-bond donors (Lipinski definition) is 1. The van der Waals surface area contributed by atoms with E-state index >= 15 is 0 Å². The first-order chi connectivity index (χ1) is 15.6. The summed E-state index contributed by atoms with van der Waals surface area (Å²) in [5.74, 6) is -0.171. The Morgan fingerprint density at radius 2 is 1.91 bits per heavy atom. The van der Waals surface area contributed by atoms with Gasteiger partial charge in [0, 0.05) is 32.5 Å². The summed E-state index contributed by atoms with van der Waals surface area (Å²) in [6.07, 6.45) is -0.460. The predicted octanol–water partition coefficient (Wildman–Crippen LogP) is 2.47. The molecule has 0 spiro atoms. The summed E-state index contributed by atoms with van der Waals surface area (Å²) in [6, 6.07) is 13.3. The average molecular weight is 472 g/mol. The lowest BCUT2D eigenvalue weighted by molar-refractivity contribution is -0.129. The average Bonchev–Trinajstić information content (AvgIpc) is 2.80. The monoisotopic (exact) mass is 471 g/mol. The van der Waals surface area contributed by atoms with Crippen LogP contribution in [0.3, 0.4) is 0 Å². The second-order valence-corrected chi connectivity index (χ2v) is 10.3. The fourth-order valence-electron chi connectivity index (χ4n) is 3.76. The minimum absolute atomic E-state index is 0.0163. The molecule has 0 saturated carbocycles. The number of aliphatic hydroxyl groups excluding tert-OH is 1. The topological polar surface area (TPSA) is 111 Å². The number of amides is 1. The maximum atomic E-state index is 13.5. The molecule has 176 valence electrons. The van der Waals surface area contributed by atoms with Gasteiger partial charge in [-0.15, -0.1) is 0 Å². The number of rotatable bonds is 5. The van der Waals surface area contributed by atoms with Crippen molar-refractivity contribution in [3.8, 4) is 22.9 Å². The van der Waals surface area contributed by atoms with Crippen LogP contribution >= 0.6 is 0 Å². The Balaban J connectivity index is 2.13. The van der Waals surface area contributed by atoms with Gasteiger partial charge < -0.3 is 14.7 Å². The molecule has 1 aliphatic heterocycles. The van der Waals surface area contributed by atoms with E-state index in [0.717, 1.165) is 11.1 Å². The molecule has 0 saturated heterocycles. The number of aliphatic hydroxyl groups is 1. The van der Waals surface area contributed by atoms with Gasteiger partial charge >= 0.3 is 0 Å². The molecule has 3 atom stereocenters. The number of fused-ring (bicyclic) bond motifs is 1. The minimum Gasteiger partial charge on any atom is -0.487 e. The highest BCUT2D eigenvalue weighted by Crippen LogP contribution is 2.36. The van der Waals surface area contributed by atoms with E-state index < -0.39 is 22.2 Å². The fraction of sp³-hybridized carbons (Fsp3) is 0.417. The first-order valence-corrected chi connectivity index (χ1v) is 12.2. The van der Waals surface area contributed by atoms with Gasteiger partial charge in [-0.1, -0.05) is 25.1 Å². The summed E-state index contributed by atoms with van der Waals surface area (Å²) in [5, 5.41) is 18.8. The number of benzene rings is 2. The molecule has 8 nitrogen and oxygen atoms in total. The van der Waals surface area contributed by atoms with Gasteiger partial charge in [-0.3, -0.25) is 4.79 Å². The standard InChI is InChI=1S/C24H29N3O5S/c1-16-13-27(17(2)15-28)33(30,31)24-10-9-21(20-7-5-19(12-25)6-8-20)11-22(24)32-23(16)14-26(4)18(3)29/h5-11,16-17,23,28H,13-15H2,1-4H3/t16-,17-,23-/m0/s1. The van der Waals surface area contributed by atoms with E-state index in [0.29, 0.717) is 12.1 Å². The maximum absolute atomic E-state index is 13.5. The van der Waals surface area contributed by atoms with Crippen molar-refractivity contribution in [2.24, 2.45) is 5.92 Å². The van der Waals surface area contributed by atoms with E-state index in [9.17, 15) is 18.3 Å². The van der Waals surface area contributed by atoms with E-state index in [2.05, 4.69) is 6.07 Å². The van der Waals surface area contributed by atoms with Crippen LogP contribution in [0.2, 0.25) is 0 Å². The molecule has 0 radical (unpaired) electrons. The molecular formula is C24H29N3O5S. The zero-order chi connectivity index (χ0) is 24.3. The molecule has 1 heterocycles. The SMILES string of the molecule is CC(=O)N(C)C[C@@H]1Oc2cc(-c3ccc(C#N)cc3)ccc2S(=O)(=O)N([C@@H](C)CO)C[C@@H]1C. The molecule has 0 aliphatic carbocycles. The third kappa shape index (κ3) is 5.19. The molecule has 1 N–H and O–H groups in total. The van der Waals surface area contributed by atoms with E-state index in [4.69, 9.17) is 10.00 Å². The van der Waals surface area contributed by atoms with Crippen LogP contribution < -0.4 is 4.74 Å². The fourth-order valence-corrected chi connectivity index (χ4v) is 5.58. The molecule has 0 aromatic heterocycles. The molecule has 2 aromatic carbocycles. The normalized spacial score (nSPS) is 21.0. The highest BCUT2D eigenvalue weighted by Gasteiger charge is 2.38. The Hall–Kier alpha value is -2.93. The number of hydrogen-bond acceptors (Lipinski definition) is 6. The Labute approximate surface area is 195 Å². The molecule has 9 heteroatoms. The first kappa shape index (κ1) is 24.7. The van der Waals surface area contributed by atoms with Crippen LogP contribution in [0.4, 0.5) is 0 Å². The summed E-state index contributed by atoms with van der Waals surface area (Å²) in [4.78, 5) is 13.4. The lowest BCUT2D eigenvalue weighted by Gasteiger charge is -2.37. The van der Waals surface area contributed by atoms with Gasteiger partial charge in [0.15, 0.2) is 0 Å². The van der Waals surface area contributed by atoms with Crippen molar-refractivity contribution in [2.75, 3.05) is 26.7 Å². The van der Waals surface area contributed by atoms with Crippen LogP contribution in [0, 0.1) is 17.2 Å². The Bertz CT molecular complexity index is 1160. The third-order valence-electron chi connectivity index (χ3n) is 6.01. The van der Waals surface area contributed by atoms with E-state index in [-0.39, 0.29) is 35.6 Å². The number of nitrogens with zero attached hydrogens (tertiary/aromatic N) is 3. The summed E-state index contributed by atoms with van der Waals surface area (Å²) in [5.41, 5.74) is 2.08.